The van der Waals surface area contributed by atoms with Crippen molar-refractivity contribution in [3.63, 3.8) is 0 Å². The quantitative estimate of drug-likeness (QED) is 0.804. The highest BCUT2D eigenvalue weighted by molar-refractivity contribution is 5.46. The Kier molecular flexibility index (Phi) is 4.77. The Labute approximate surface area is 154 Å². The topological polar surface area (TPSA) is 51.5 Å². The van der Waals surface area contributed by atoms with E-state index in [1.807, 2.05) is 0 Å². The lowest BCUT2D eigenvalue weighted by atomic mass is 9.93. The standard InChI is InChI=1S/C20H16F3NO3/c21-16-4-2-1-3-14(16)13-9-26-20(27-10-13)12-5-11-6-17(22)15(7-24)18(23)19(11)25-8-12/h1-4,6,12-13,20H,5,8-10H2. The van der Waals surface area contributed by atoms with Gasteiger partial charge in [-0.2, -0.15) is 5.26 Å². The highest BCUT2D eigenvalue weighted by Gasteiger charge is 2.35. The lowest BCUT2D eigenvalue weighted by Gasteiger charge is -2.36. The number of benzene rings is 2. The van der Waals surface area contributed by atoms with Gasteiger partial charge in [0.25, 0.3) is 0 Å². The van der Waals surface area contributed by atoms with Crippen molar-refractivity contribution in [2.45, 2.75) is 18.6 Å². The van der Waals surface area contributed by atoms with E-state index in [0.717, 1.165) is 6.07 Å². The first kappa shape index (κ1) is 17.8. The molecule has 0 amide bonds. The number of fused-ring (bicyclic) bond motifs is 1. The summed E-state index contributed by atoms with van der Waals surface area (Å²) in [5.41, 5.74) is 0.225. The molecule has 2 aromatic rings. The van der Waals surface area contributed by atoms with Gasteiger partial charge < -0.3 is 14.2 Å². The Hall–Kier alpha value is -2.56. The molecule has 0 bridgehead atoms. The molecule has 1 saturated heterocycles. The van der Waals surface area contributed by atoms with Crippen molar-refractivity contribution in [2.24, 2.45) is 5.92 Å². The molecule has 2 aliphatic heterocycles. The van der Waals surface area contributed by atoms with Gasteiger partial charge in [-0.15, -0.1) is 0 Å². The molecule has 4 rings (SSSR count). The van der Waals surface area contributed by atoms with Gasteiger partial charge in [-0.05, 0) is 24.1 Å². The summed E-state index contributed by atoms with van der Waals surface area (Å²) in [4.78, 5) is 0. The molecule has 2 aromatic carbocycles. The normalized spacial score (nSPS) is 24.6. The average Bonchev–Trinajstić information content (AvgIpc) is 2.68. The van der Waals surface area contributed by atoms with E-state index in [2.05, 4.69) is 0 Å². The molecule has 2 aliphatic rings. The van der Waals surface area contributed by atoms with Gasteiger partial charge in [0.1, 0.15) is 23.3 Å². The summed E-state index contributed by atoms with van der Waals surface area (Å²) >= 11 is 0. The summed E-state index contributed by atoms with van der Waals surface area (Å²) in [6.45, 7) is 0.686. The fraction of sp³-hybridized carbons (Fsp3) is 0.350. The largest absolute Gasteiger partial charge is 0.490 e. The van der Waals surface area contributed by atoms with Crippen LogP contribution >= 0.6 is 0 Å². The minimum Gasteiger partial charge on any atom is -0.490 e. The zero-order valence-corrected chi connectivity index (χ0v) is 14.3. The molecule has 0 spiro atoms. The smallest absolute Gasteiger partial charge is 0.186 e. The minimum atomic E-state index is -0.976. The van der Waals surface area contributed by atoms with E-state index >= 15 is 0 Å². The van der Waals surface area contributed by atoms with Crippen molar-refractivity contribution in [3.8, 4) is 11.8 Å². The second-order valence-electron chi connectivity index (χ2n) is 6.68. The predicted molar refractivity (Wildman–Crippen MR) is 88.6 cm³/mol. The highest BCUT2D eigenvalue weighted by Crippen LogP contribution is 2.36. The highest BCUT2D eigenvalue weighted by atomic mass is 19.1. The van der Waals surface area contributed by atoms with E-state index in [0.29, 0.717) is 17.5 Å². The van der Waals surface area contributed by atoms with Gasteiger partial charge in [0.05, 0.1) is 19.8 Å². The number of rotatable bonds is 2. The van der Waals surface area contributed by atoms with Crippen molar-refractivity contribution < 1.29 is 27.4 Å². The van der Waals surface area contributed by atoms with Gasteiger partial charge in [0.2, 0.25) is 0 Å². The average molecular weight is 375 g/mol. The monoisotopic (exact) mass is 375 g/mol. The fourth-order valence-corrected chi connectivity index (χ4v) is 3.54. The molecule has 0 aliphatic carbocycles. The van der Waals surface area contributed by atoms with Crippen LogP contribution in [0.4, 0.5) is 13.2 Å². The summed E-state index contributed by atoms with van der Waals surface area (Å²) in [7, 11) is 0. The van der Waals surface area contributed by atoms with Crippen LogP contribution in [-0.2, 0) is 15.9 Å². The van der Waals surface area contributed by atoms with Crippen molar-refractivity contribution in [1.29, 1.82) is 5.26 Å². The van der Waals surface area contributed by atoms with Crippen LogP contribution in [0.1, 0.15) is 22.6 Å². The molecule has 0 radical (unpaired) electrons. The maximum atomic E-state index is 14.2. The minimum absolute atomic E-state index is 0.0933. The predicted octanol–water partition coefficient (Wildman–Crippen LogP) is 3.68. The van der Waals surface area contributed by atoms with Gasteiger partial charge in [-0.1, -0.05) is 18.2 Å². The Morgan fingerprint density at radius 2 is 1.74 bits per heavy atom. The van der Waals surface area contributed by atoms with Crippen molar-refractivity contribution in [3.05, 3.63) is 64.5 Å². The van der Waals surface area contributed by atoms with Crippen molar-refractivity contribution in [2.75, 3.05) is 19.8 Å². The number of hydrogen-bond acceptors (Lipinski definition) is 4. The number of ether oxygens (including phenoxy) is 3. The molecule has 1 fully saturated rings. The molecule has 27 heavy (non-hydrogen) atoms. The van der Waals surface area contributed by atoms with Crippen LogP contribution in [0.25, 0.3) is 0 Å². The lowest BCUT2D eigenvalue weighted by molar-refractivity contribution is -0.218. The molecular weight excluding hydrogens is 359 g/mol. The summed E-state index contributed by atoms with van der Waals surface area (Å²) in [6.07, 6.45) is -0.313. The van der Waals surface area contributed by atoms with Crippen LogP contribution in [0.5, 0.6) is 5.75 Å². The Morgan fingerprint density at radius 3 is 2.44 bits per heavy atom. The number of halogens is 3. The molecule has 0 aromatic heterocycles. The molecule has 140 valence electrons. The van der Waals surface area contributed by atoms with Gasteiger partial charge in [0, 0.05) is 17.4 Å². The first-order valence-corrected chi connectivity index (χ1v) is 8.60. The van der Waals surface area contributed by atoms with Gasteiger partial charge >= 0.3 is 0 Å². The van der Waals surface area contributed by atoms with Gasteiger partial charge in [-0.3, -0.25) is 0 Å². The zero-order valence-electron chi connectivity index (χ0n) is 14.3. The van der Waals surface area contributed by atoms with Crippen LogP contribution in [0.3, 0.4) is 0 Å². The Bertz CT molecular complexity index is 904. The molecule has 2 heterocycles. The van der Waals surface area contributed by atoms with Gasteiger partial charge in [-0.25, -0.2) is 13.2 Å². The lowest BCUT2D eigenvalue weighted by Crippen LogP contribution is -2.41. The van der Waals surface area contributed by atoms with Crippen LogP contribution in [0.15, 0.2) is 30.3 Å². The Balaban J connectivity index is 1.45. The first-order valence-electron chi connectivity index (χ1n) is 8.60. The zero-order chi connectivity index (χ0) is 19.0. The summed E-state index contributed by atoms with van der Waals surface area (Å²) in [6, 6.07) is 9.10. The van der Waals surface area contributed by atoms with E-state index < -0.39 is 23.5 Å². The third-order valence-electron chi connectivity index (χ3n) is 4.94. The molecular formula is C20H16F3NO3. The maximum Gasteiger partial charge on any atom is 0.186 e. The second-order valence-corrected chi connectivity index (χ2v) is 6.68. The van der Waals surface area contributed by atoms with Gasteiger partial charge in [0.15, 0.2) is 17.9 Å². The Morgan fingerprint density at radius 1 is 1.00 bits per heavy atom. The number of nitriles is 1. The maximum absolute atomic E-state index is 14.2. The first-order chi connectivity index (χ1) is 13.1. The van der Waals surface area contributed by atoms with Crippen LogP contribution in [0.2, 0.25) is 0 Å². The SMILES string of the molecule is N#Cc1c(F)cc2c(c1F)OCC(C1OCC(c3ccccc3F)CO1)C2. The molecule has 0 saturated carbocycles. The van der Waals surface area contributed by atoms with E-state index in [9.17, 15) is 13.2 Å². The van der Waals surface area contributed by atoms with E-state index in [1.165, 1.54) is 12.1 Å². The molecule has 4 nitrogen and oxygen atoms in total. The summed E-state index contributed by atoms with van der Waals surface area (Å²) in [5, 5.41) is 8.84. The second kappa shape index (κ2) is 7.22. The van der Waals surface area contributed by atoms with Crippen molar-refractivity contribution >= 4 is 0 Å². The van der Waals surface area contributed by atoms with Crippen molar-refractivity contribution in [1.82, 2.24) is 0 Å². The van der Waals surface area contributed by atoms with E-state index in [4.69, 9.17) is 19.5 Å². The summed E-state index contributed by atoms with van der Waals surface area (Å²) in [5.74, 6) is -2.76. The molecule has 1 atom stereocenters. The van der Waals surface area contributed by atoms with Crippen LogP contribution in [-0.4, -0.2) is 26.1 Å². The third-order valence-corrected chi connectivity index (χ3v) is 4.94. The number of nitrogens with zero attached hydrogens (tertiary/aromatic N) is 1. The summed E-state index contributed by atoms with van der Waals surface area (Å²) < 4.78 is 58.9. The van der Waals surface area contributed by atoms with Crippen LogP contribution < -0.4 is 4.74 Å². The fourth-order valence-electron chi connectivity index (χ4n) is 3.54. The molecule has 7 heteroatoms. The van der Waals surface area contributed by atoms with E-state index in [1.54, 1.807) is 18.2 Å². The van der Waals surface area contributed by atoms with E-state index in [-0.39, 0.29) is 43.2 Å². The van der Waals surface area contributed by atoms with Crippen LogP contribution in [0, 0.1) is 34.7 Å². The molecule has 0 N–H and O–H groups in total. The molecule has 1 unspecified atom stereocenters. The number of hydrogen-bond donors (Lipinski definition) is 0. The third kappa shape index (κ3) is 3.27.